The molecular formula is C20H23N3O3. The van der Waals surface area contributed by atoms with E-state index in [2.05, 4.69) is 27.0 Å². The van der Waals surface area contributed by atoms with Crippen molar-refractivity contribution in [2.45, 2.75) is 51.2 Å². The third kappa shape index (κ3) is 2.69. The molecule has 1 aromatic heterocycles. The average molecular weight is 353 g/mol. The van der Waals surface area contributed by atoms with Crippen LogP contribution in [0.5, 0.6) is 11.5 Å². The molecule has 0 amide bonds. The molecule has 6 heteroatoms. The Hall–Kier alpha value is -2.34. The summed E-state index contributed by atoms with van der Waals surface area (Å²) in [5.74, 6) is 2.38. The fraction of sp³-hybridized carbons (Fsp3) is 0.500. The van der Waals surface area contributed by atoms with E-state index in [1.807, 2.05) is 13.0 Å². The third-order valence-corrected chi connectivity index (χ3v) is 5.83. The lowest BCUT2D eigenvalue weighted by Gasteiger charge is -2.28. The highest BCUT2D eigenvalue weighted by molar-refractivity contribution is 5.44. The second-order valence-electron chi connectivity index (χ2n) is 7.52. The van der Waals surface area contributed by atoms with Crippen LogP contribution in [-0.2, 0) is 19.4 Å². The molecule has 0 unspecified atom stereocenters. The first-order valence-electron chi connectivity index (χ1n) is 9.40. The Morgan fingerprint density at radius 2 is 1.92 bits per heavy atom. The largest absolute Gasteiger partial charge is 0.486 e. The van der Waals surface area contributed by atoms with Crippen molar-refractivity contribution in [1.29, 1.82) is 0 Å². The smallest absolute Gasteiger partial charge is 0.254 e. The molecule has 2 aromatic rings. The lowest BCUT2D eigenvalue weighted by molar-refractivity contribution is 0.169. The van der Waals surface area contributed by atoms with Gasteiger partial charge in [0, 0.05) is 30.6 Å². The Morgan fingerprint density at radius 3 is 2.77 bits per heavy atom. The van der Waals surface area contributed by atoms with E-state index in [9.17, 15) is 4.79 Å². The Labute approximate surface area is 152 Å². The van der Waals surface area contributed by atoms with Gasteiger partial charge in [-0.3, -0.25) is 9.69 Å². The highest BCUT2D eigenvalue weighted by Gasteiger charge is 2.38. The van der Waals surface area contributed by atoms with Crippen LogP contribution >= 0.6 is 0 Å². The summed E-state index contributed by atoms with van der Waals surface area (Å²) in [5, 5.41) is 0. The topological polar surface area (TPSA) is 67.5 Å². The monoisotopic (exact) mass is 353 g/mol. The van der Waals surface area contributed by atoms with Crippen molar-refractivity contribution < 1.29 is 9.47 Å². The Morgan fingerprint density at radius 1 is 1.15 bits per heavy atom. The van der Waals surface area contributed by atoms with Crippen LogP contribution in [0.2, 0.25) is 0 Å². The molecule has 2 bridgehead atoms. The number of hydrogen-bond donors (Lipinski definition) is 1. The van der Waals surface area contributed by atoms with Crippen LogP contribution in [0.4, 0.5) is 0 Å². The van der Waals surface area contributed by atoms with Gasteiger partial charge in [-0.15, -0.1) is 0 Å². The summed E-state index contributed by atoms with van der Waals surface area (Å²) in [5.41, 5.74) is 3.15. The van der Waals surface area contributed by atoms with Gasteiger partial charge in [0.25, 0.3) is 5.56 Å². The van der Waals surface area contributed by atoms with Gasteiger partial charge in [-0.25, -0.2) is 4.98 Å². The first-order valence-corrected chi connectivity index (χ1v) is 9.40. The van der Waals surface area contributed by atoms with Gasteiger partial charge in [0.05, 0.1) is 5.69 Å². The van der Waals surface area contributed by atoms with Gasteiger partial charge in [-0.05, 0) is 43.9 Å². The number of nitrogens with zero attached hydrogens (tertiary/aromatic N) is 2. The van der Waals surface area contributed by atoms with E-state index in [1.54, 1.807) is 0 Å². The maximum atomic E-state index is 12.4. The molecule has 1 N–H and O–H groups in total. The molecular weight excluding hydrogens is 330 g/mol. The molecule has 5 rings (SSSR count). The lowest BCUT2D eigenvalue weighted by atomic mass is 9.98. The van der Waals surface area contributed by atoms with Gasteiger partial charge >= 0.3 is 0 Å². The predicted molar refractivity (Wildman–Crippen MR) is 96.8 cm³/mol. The summed E-state index contributed by atoms with van der Waals surface area (Å²) in [4.78, 5) is 22.5. The molecule has 136 valence electrons. The Kier molecular flexibility index (Phi) is 3.74. The second-order valence-corrected chi connectivity index (χ2v) is 7.52. The van der Waals surface area contributed by atoms with E-state index in [-0.39, 0.29) is 5.56 Å². The Bertz CT molecular complexity index is 908. The average Bonchev–Trinajstić information content (AvgIpc) is 2.90. The zero-order valence-corrected chi connectivity index (χ0v) is 15.0. The minimum Gasteiger partial charge on any atom is -0.486 e. The van der Waals surface area contributed by atoms with Crippen LogP contribution in [0.1, 0.15) is 35.5 Å². The fourth-order valence-electron chi connectivity index (χ4n) is 4.62. The van der Waals surface area contributed by atoms with Gasteiger partial charge in [0.1, 0.15) is 19.0 Å². The summed E-state index contributed by atoms with van der Waals surface area (Å²) in [6, 6.07) is 7.08. The maximum Gasteiger partial charge on any atom is 0.254 e. The van der Waals surface area contributed by atoms with Crippen molar-refractivity contribution in [3.05, 3.63) is 51.2 Å². The molecule has 26 heavy (non-hydrogen) atoms. The minimum absolute atomic E-state index is 0.0410. The van der Waals surface area contributed by atoms with Crippen LogP contribution in [0.25, 0.3) is 0 Å². The van der Waals surface area contributed by atoms with Crippen LogP contribution in [0.15, 0.2) is 23.0 Å². The van der Waals surface area contributed by atoms with Crippen LogP contribution in [0.3, 0.4) is 0 Å². The maximum absolute atomic E-state index is 12.4. The molecule has 0 aliphatic carbocycles. The van der Waals surface area contributed by atoms with Gasteiger partial charge < -0.3 is 14.5 Å². The first kappa shape index (κ1) is 15.9. The van der Waals surface area contributed by atoms with E-state index in [4.69, 9.17) is 9.47 Å². The molecule has 1 saturated heterocycles. The lowest BCUT2D eigenvalue weighted by Crippen LogP contribution is -2.36. The van der Waals surface area contributed by atoms with Crippen molar-refractivity contribution in [2.75, 3.05) is 13.2 Å². The summed E-state index contributed by atoms with van der Waals surface area (Å²) in [6.07, 6.45) is 3.96. The number of fused-ring (bicyclic) bond motifs is 4. The van der Waals surface area contributed by atoms with Crippen molar-refractivity contribution in [3.8, 4) is 11.5 Å². The van der Waals surface area contributed by atoms with Gasteiger partial charge in [0.15, 0.2) is 11.5 Å². The minimum atomic E-state index is 0.0410. The van der Waals surface area contributed by atoms with E-state index in [0.717, 1.165) is 48.6 Å². The number of H-pyrrole nitrogens is 1. The molecule has 1 fully saturated rings. The zero-order valence-electron chi connectivity index (χ0n) is 15.0. The molecule has 0 spiro atoms. The van der Waals surface area contributed by atoms with E-state index in [1.165, 1.54) is 12.0 Å². The quantitative estimate of drug-likeness (QED) is 0.894. The molecule has 1 aromatic carbocycles. The van der Waals surface area contributed by atoms with Crippen molar-refractivity contribution >= 4 is 0 Å². The molecule has 0 radical (unpaired) electrons. The number of aryl methyl sites for hydroxylation is 1. The van der Waals surface area contributed by atoms with Crippen LogP contribution < -0.4 is 15.0 Å². The van der Waals surface area contributed by atoms with Gasteiger partial charge in [-0.1, -0.05) is 6.07 Å². The second kappa shape index (κ2) is 6.13. The summed E-state index contributed by atoms with van der Waals surface area (Å²) >= 11 is 0. The Balaban J connectivity index is 1.43. The van der Waals surface area contributed by atoms with Crippen LogP contribution in [-0.4, -0.2) is 40.2 Å². The first-order chi connectivity index (χ1) is 12.7. The molecule has 0 saturated carbocycles. The number of aromatic amines is 1. The molecule has 3 aliphatic rings. The number of benzene rings is 1. The van der Waals surface area contributed by atoms with Gasteiger partial charge in [0.2, 0.25) is 0 Å². The standard InChI is InChI=1S/C20H23N3O3/c1-12-21-17-10-15-4-3-14(9-16(17)20(24)22-12)23(15)11-13-2-5-18-19(8-13)26-7-6-25-18/h2,5,8,14-15H,3-4,6-7,9-11H2,1H3,(H,21,22,24)/t14-,15+/m1/s1. The predicted octanol–water partition coefficient (Wildman–Crippen LogP) is 1.98. The highest BCUT2D eigenvalue weighted by atomic mass is 16.6. The van der Waals surface area contributed by atoms with Gasteiger partial charge in [-0.2, -0.15) is 0 Å². The molecule has 3 aliphatic heterocycles. The van der Waals surface area contributed by atoms with Crippen LogP contribution in [0, 0.1) is 6.92 Å². The summed E-state index contributed by atoms with van der Waals surface area (Å²) in [6.45, 7) is 3.95. The SMILES string of the molecule is Cc1nc2c(c(=O)[nH]1)C[C@H]1CC[C@@H](C2)N1Cc1ccc2c(c1)OCCO2. The van der Waals surface area contributed by atoms with E-state index in [0.29, 0.717) is 31.1 Å². The zero-order chi connectivity index (χ0) is 17.7. The molecule has 4 heterocycles. The highest BCUT2D eigenvalue weighted by Crippen LogP contribution is 2.36. The van der Waals surface area contributed by atoms with Crippen molar-refractivity contribution in [3.63, 3.8) is 0 Å². The summed E-state index contributed by atoms with van der Waals surface area (Å²) in [7, 11) is 0. The number of ether oxygens (including phenoxy) is 2. The number of aromatic nitrogens is 2. The van der Waals surface area contributed by atoms with Crippen molar-refractivity contribution in [2.24, 2.45) is 0 Å². The number of nitrogens with one attached hydrogen (secondary N) is 1. The third-order valence-electron chi connectivity index (χ3n) is 5.83. The fourth-order valence-corrected chi connectivity index (χ4v) is 4.62. The number of rotatable bonds is 2. The van der Waals surface area contributed by atoms with Crippen molar-refractivity contribution in [1.82, 2.24) is 14.9 Å². The van der Waals surface area contributed by atoms with E-state index >= 15 is 0 Å². The molecule has 2 atom stereocenters. The number of hydrogen-bond acceptors (Lipinski definition) is 5. The van der Waals surface area contributed by atoms with E-state index < -0.39 is 0 Å². The summed E-state index contributed by atoms with van der Waals surface area (Å²) < 4.78 is 11.4. The molecule has 6 nitrogen and oxygen atoms in total. The normalized spacial score (nSPS) is 24.2.